The summed E-state index contributed by atoms with van der Waals surface area (Å²) in [6, 6.07) is 0. The standard InChI is InChI=1S/C13H25N3O/c1-10(2)13-14-8-12(17)16(13)9-11-4-6-15(3)7-5-11/h10-11,13-14H,4-9H2,1-3H3. The molecule has 0 bridgehead atoms. The predicted molar refractivity (Wildman–Crippen MR) is 68.6 cm³/mol. The molecule has 1 N–H and O–H groups in total. The molecule has 1 unspecified atom stereocenters. The number of carbonyl (C=O) groups is 1. The molecule has 1 amide bonds. The lowest BCUT2D eigenvalue weighted by Gasteiger charge is -2.34. The normalized spacial score (nSPS) is 28.4. The first-order valence-electron chi connectivity index (χ1n) is 6.79. The molecule has 2 fully saturated rings. The first kappa shape index (κ1) is 12.8. The number of rotatable bonds is 3. The van der Waals surface area contributed by atoms with Crippen LogP contribution in [0.4, 0.5) is 0 Å². The van der Waals surface area contributed by atoms with Crippen LogP contribution in [0.1, 0.15) is 26.7 Å². The molecule has 0 aliphatic carbocycles. The maximum Gasteiger partial charge on any atom is 0.237 e. The second-order valence-electron chi connectivity index (χ2n) is 5.86. The van der Waals surface area contributed by atoms with Crippen LogP contribution in [-0.2, 0) is 4.79 Å². The summed E-state index contributed by atoms with van der Waals surface area (Å²) >= 11 is 0. The molecule has 98 valence electrons. The third-order valence-corrected chi connectivity index (χ3v) is 4.04. The molecule has 2 aliphatic rings. The van der Waals surface area contributed by atoms with Gasteiger partial charge in [0.05, 0.1) is 12.7 Å². The zero-order valence-electron chi connectivity index (χ0n) is 11.3. The Bertz CT molecular complexity index is 272. The molecule has 0 saturated carbocycles. The minimum absolute atomic E-state index is 0.252. The Labute approximate surface area is 104 Å². The van der Waals surface area contributed by atoms with E-state index in [1.807, 2.05) is 0 Å². The summed E-state index contributed by atoms with van der Waals surface area (Å²) in [5, 5.41) is 3.32. The number of amides is 1. The minimum atomic E-state index is 0.252. The number of hydrogen-bond donors (Lipinski definition) is 1. The van der Waals surface area contributed by atoms with E-state index < -0.39 is 0 Å². The highest BCUT2D eigenvalue weighted by atomic mass is 16.2. The van der Waals surface area contributed by atoms with Crippen LogP contribution >= 0.6 is 0 Å². The summed E-state index contributed by atoms with van der Waals surface area (Å²) in [7, 11) is 2.18. The van der Waals surface area contributed by atoms with Gasteiger partial charge in [-0.1, -0.05) is 13.8 Å². The van der Waals surface area contributed by atoms with Crippen LogP contribution in [0, 0.1) is 11.8 Å². The van der Waals surface area contributed by atoms with E-state index in [2.05, 4.69) is 36.0 Å². The van der Waals surface area contributed by atoms with E-state index in [0.29, 0.717) is 18.4 Å². The van der Waals surface area contributed by atoms with Gasteiger partial charge >= 0.3 is 0 Å². The molecule has 2 rings (SSSR count). The molecule has 0 radical (unpaired) electrons. The van der Waals surface area contributed by atoms with Gasteiger partial charge in [-0.25, -0.2) is 0 Å². The van der Waals surface area contributed by atoms with Crippen molar-refractivity contribution in [3.63, 3.8) is 0 Å². The zero-order valence-corrected chi connectivity index (χ0v) is 11.3. The van der Waals surface area contributed by atoms with Crippen molar-refractivity contribution >= 4 is 5.91 Å². The Balaban J connectivity index is 1.90. The Morgan fingerprint density at radius 3 is 2.59 bits per heavy atom. The number of nitrogens with zero attached hydrogens (tertiary/aromatic N) is 2. The summed E-state index contributed by atoms with van der Waals surface area (Å²) in [5.41, 5.74) is 0. The van der Waals surface area contributed by atoms with Crippen LogP contribution in [0.25, 0.3) is 0 Å². The topological polar surface area (TPSA) is 35.6 Å². The van der Waals surface area contributed by atoms with Crippen molar-refractivity contribution in [2.24, 2.45) is 11.8 Å². The van der Waals surface area contributed by atoms with E-state index >= 15 is 0 Å². The van der Waals surface area contributed by atoms with Crippen molar-refractivity contribution < 1.29 is 4.79 Å². The second kappa shape index (κ2) is 5.36. The molecule has 4 heteroatoms. The summed E-state index contributed by atoms with van der Waals surface area (Å²) < 4.78 is 0. The molecular formula is C13H25N3O. The monoisotopic (exact) mass is 239 g/mol. The van der Waals surface area contributed by atoms with Gasteiger partial charge < -0.3 is 9.80 Å². The molecule has 1 atom stereocenters. The van der Waals surface area contributed by atoms with Gasteiger partial charge in [0, 0.05) is 6.54 Å². The zero-order chi connectivity index (χ0) is 12.4. The maximum atomic E-state index is 11.9. The van der Waals surface area contributed by atoms with Gasteiger partial charge in [-0.05, 0) is 44.8 Å². The first-order chi connectivity index (χ1) is 8.08. The van der Waals surface area contributed by atoms with Crippen LogP contribution in [0.5, 0.6) is 0 Å². The summed E-state index contributed by atoms with van der Waals surface area (Å²) in [6.45, 7) is 8.17. The minimum Gasteiger partial charge on any atom is -0.326 e. The van der Waals surface area contributed by atoms with Crippen molar-refractivity contribution in [3.05, 3.63) is 0 Å². The Hall–Kier alpha value is -0.610. The Morgan fingerprint density at radius 2 is 2.00 bits per heavy atom. The lowest BCUT2D eigenvalue weighted by atomic mass is 9.96. The lowest BCUT2D eigenvalue weighted by molar-refractivity contribution is -0.129. The largest absolute Gasteiger partial charge is 0.326 e. The highest BCUT2D eigenvalue weighted by Crippen LogP contribution is 2.21. The molecule has 0 aromatic heterocycles. The van der Waals surface area contributed by atoms with Gasteiger partial charge in [0.15, 0.2) is 0 Å². The number of nitrogens with one attached hydrogen (secondary N) is 1. The van der Waals surface area contributed by atoms with Crippen LogP contribution in [0.3, 0.4) is 0 Å². The number of carbonyl (C=O) groups excluding carboxylic acids is 1. The van der Waals surface area contributed by atoms with E-state index in [1.165, 1.54) is 25.9 Å². The van der Waals surface area contributed by atoms with E-state index in [4.69, 9.17) is 0 Å². The van der Waals surface area contributed by atoms with Crippen molar-refractivity contribution in [3.8, 4) is 0 Å². The third-order valence-electron chi connectivity index (χ3n) is 4.04. The summed E-state index contributed by atoms with van der Waals surface area (Å²) in [5.74, 6) is 1.46. The number of piperidine rings is 1. The Kier molecular flexibility index (Phi) is 4.05. The fraction of sp³-hybridized carbons (Fsp3) is 0.923. The second-order valence-corrected chi connectivity index (χ2v) is 5.86. The Morgan fingerprint density at radius 1 is 1.35 bits per heavy atom. The fourth-order valence-corrected chi connectivity index (χ4v) is 2.89. The highest BCUT2D eigenvalue weighted by molar-refractivity contribution is 5.80. The number of hydrogen-bond acceptors (Lipinski definition) is 3. The van der Waals surface area contributed by atoms with Gasteiger partial charge in [0.2, 0.25) is 5.91 Å². The van der Waals surface area contributed by atoms with E-state index in [0.717, 1.165) is 6.54 Å². The van der Waals surface area contributed by atoms with Gasteiger partial charge in [-0.15, -0.1) is 0 Å². The van der Waals surface area contributed by atoms with E-state index in [1.54, 1.807) is 0 Å². The maximum absolute atomic E-state index is 11.9. The van der Waals surface area contributed by atoms with Crippen molar-refractivity contribution in [1.82, 2.24) is 15.1 Å². The smallest absolute Gasteiger partial charge is 0.237 e. The van der Waals surface area contributed by atoms with E-state index in [9.17, 15) is 4.79 Å². The molecule has 2 heterocycles. The SMILES string of the molecule is CC(C)C1NCC(=O)N1CC1CCN(C)CC1. The van der Waals surface area contributed by atoms with Crippen LogP contribution in [0.2, 0.25) is 0 Å². The summed E-state index contributed by atoms with van der Waals surface area (Å²) in [6.07, 6.45) is 2.71. The molecule has 2 aliphatic heterocycles. The molecule has 0 spiro atoms. The van der Waals surface area contributed by atoms with Crippen LogP contribution in [0.15, 0.2) is 0 Å². The molecule has 4 nitrogen and oxygen atoms in total. The molecule has 0 aromatic rings. The van der Waals surface area contributed by atoms with E-state index in [-0.39, 0.29) is 12.1 Å². The van der Waals surface area contributed by atoms with Crippen LogP contribution < -0.4 is 5.32 Å². The van der Waals surface area contributed by atoms with Crippen molar-refractivity contribution in [2.75, 3.05) is 33.2 Å². The average Bonchev–Trinajstić information content (AvgIpc) is 2.64. The quantitative estimate of drug-likeness (QED) is 0.789. The first-order valence-corrected chi connectivity index (χ1v) is 6.79. The predicted octanol–water partition coefficient (Wildman–Crippen LogP) is 0.742. The van der Waals surface area contributed by atoms with Crippen molar-refractivity contribution in [1.29, 1.82) is 0 Å². The summed E-state index contributed by atoms with van der Waals surface area (Å²) in [4.78, 5) is 16.3. The van der Waals surface area contributed by atoms with Gasteiger partial charge in [0.1, 0.15) is 0 Å². The lowest BCUT2D eigenvalue weighted by Crippen LogP contribution is -2.45. The fourth-order valence-electron chi connectivity index (χ4n) is 2.89. The van der Waals surface area contributed by atoms with Crippen molar-refractivity contribution in [2.45, 2.75) is 32.9 Å². The van der Waals surface area contributed by atoms with Gasteiger partial charge in [-0.2, -0.15) is 0 Å². The molecule has 0 aromatic carbocycles. The van der Waals surface area contributed by atoms with Gasteiger partial charge in [-0.3, -0.25) is 10.1 Å². The number of likely N-dealkylation sites (tertiary alicyclic amines) is 1. The van der Waals surface area contributed by atoms with Crippen LogP contribution in [-0.4, -0.2) is 55.1 Å². The molecular weight excluding hydrogens is 214 g/mol. The molecule has 2 saturated heterocycles. The highest BCUT2D eigenvalue weighted by Gasteiger charge is 2.34. The third kappa shape index (κ3) is 2.99. The average molecular weight is 239 g/mol. The van der Waals surface area contributed by atoms with Gasteiger partial charge in [0.25, 0.3) is 0 Å². The molecule has 17 heavy (non-hydrogen) atoms.